The normalized spacial score (nSPS) is 10.7. The van der Waals surface area contributed by atoms with Gasteiger partial charge in [0.15, 0.2) is 5.11 Å². The molecule has 1 aromatic carbocycles. The van der Waals surface area contributed by atoms with Crippen molar-refractivity contribution in [3.63, 3.8) is 0 Å². The van der Waals surface area contributed by atoms with Gasteiger partial charge in [-0.1, -0.05) is 31.5 Å². The fourth-order valence-electron chi connectivity index (χ4n) is 1.95. The Balaban J connectivity index is 2.32. The van der Waals surface area contributed by atoms with Crippen molar-refractivity contribution in [1.82, 2.24) is 10.2 Å². The van der Waals surface area contributed by atoms with Crippen LogP contribution in [0.25, 0.3) is 0 Å². The van der Waals surface area contributed by atoms with Crippen molar-refractivity contribution < 1.29 is 0 Å². The van der Waals surface area contributed by atoms with E-state index in [0.29, 0.717) is 5.11 Å². The Bertz CT molecular complexity index is 433. The minimum absolute atomic E-state index is 0.648. The van der Waals surface area contributed by atoms with Gasteiger partial charge in [-0.3, -0.25) is 0 Å². The van der Waals surface area contributed by atoms with Crippen molar-refractivity contribution in [3.8, 4) is 0 Å². The molecule has 2 N–H and O–H groups in total. The predicted molar refractivity (Wildman–Crippen MR) is 92.8 cm³/mol. The van der Waals surface area contributed by atoms with Crippen LogP contribution in [-0.2, 0) is 0 Å². The molecule has 1 rings (SSSR count). The van der Waals surface area contributed by atoms with Crippen LogP contribution in [0.5, 0.6) is 0 Å². The van der Waals surface area contributed by atoms with Gasteiger partial charge in [0.1, 0.15) is 0 Å². The third-order valence-electron chi connectivity index (χ3n) is 3.35. The first-order valence-electron chi connectivity index (χ1n) is 7.10. The van der Waals surface area contributed by atoms with Crippen LogP contribution in [-0.4, -0.2) is 36.2 Å². The minimum Gasteiger partial charge on any atom is -0.362 e. The van der Waals surface area contributed by atoms with Crippen molar-refractivity contribution >= 4 is 34.6 Å². The lowest BCUT2D eigenvalue weighted by Gasteiger charge is -2.18. The largest absolute Gasteiger partial charge is 0.362 e. The van der Waals surface area contributed by atoms with Gasteiger partial charge in [0.2, 0.25) is 0 Å². The molecule has 0 aliphatic rings. The molecule has 112 valence electrons. The van der Waals surface area contributed by atoms with Crippen LogP contribution in [0.15, 0.2) is 18.2 Å². The van der Waals surface area contributed by atoms with E-state index in [1.54, 1.807) is 0 Å². The number of nitrogens with one attached hydrogen (secondary N) is 2. The number of hydrogen-bond donors (Lipinski definition) is 2. The van der Waals surface area contributed by atoms with E-state index < -0.39 is 0 Å². The van der Waals surface area contributed by atoms with Crippen LogP contribution in [0.2, 0.25) is 5.02 Å². The Morgan fingerprint density at radius 3 is 2.65 bits per heavy atom. The molecule has 5 heteroatoms. The molecule has 0 fully saturated rings. The van der Waals surface area contributed by atoms with Gasteiger partial charge in [0.05, 0.1) is 0 Å². The highest BCUT2D eigenvalue weighted by Gasteiger charge is 2.04. The second kappa shape index (κ2) is 9.16. The number of thiocarbonyl (C=S) groups is 1. The molecule has 0 saturated carbocycles. The van der Waals surface area contributed by atoms with Gasteiger partial charge >= 0.3 is 0 Å². The minimum atomic E-state index is 0.648. The average molecular weight is 314 g/mol. The Morgan fingerprint density at radius 2 is 2.00 bits per heavy atom. The first kappa shape index (κ1) is 17.2. The van der Waals surface area contributed by atoms with Gasteiger partial charge in [0, 0.05) is 17.3 Å². The lowest BCUT2D eigenvalue weighted by atomic mass is 10.2. The van der Waals surface area contributed by atoms with Gasteiger partial charge in [0.25, 0.3) is 0 Å². The predicted octanol–water partition coefficient (Wildman–Crippen LogP) is 3.67. The SMILES string of the molecule is CCN(CC)CCCNC(=S)Nc1cccc(Cl)c1C. The summed E-state index contributed by atoms with van der Waals surface area (Å²) in [4.78, 5) is 2.40. The number of hydrogen-bond acceptors (Lipinski definition) is 2. The zero-order valence-electron chi connectivity index (χ0n) is 12.5. The quantitative estimate of drug-likeness (QED) is 0.593. The van der Waals surface area contributed by atoms with Crippen LogP contribution in [0.1, 0.15) is 25.8 Å². The summed E-state index contributed by atoms with van der Waals surface area (Å²) in [5.41, 5.74) is 1.97. The molecule has 0 atom stereocenters. The molecule has 0 aliphatic heterocycles. The van der Waals surface area contributed by atoms with E-state index in [2.05, 4.69) is 29.4 Å². The third kappa shape index (κ3) is 5.65. The fraction of sp³-hybridized carbons (Fsp3) is 0.533. The van der Waals surface area contributed by atoms with Crippen LogP contribution < -0.4 is 10.6 Å². The summed E-state index contributed by atoms with van der Waals surface area (Å²) in [5, 5.41) is 7.82. The van der Waals surface area contributed by atoms with Crippen molar-refractivity contribution in [1.29, 1.82) is 0 Å². The summed E-state index contributed by atoms with van der Waals surface area (Å²) in [5.74, 6) is 0. The summed E-state index contributed by atoms with van der Waals surface area (Å²) in [6, 6.07) is 5.77. The fourth-order valence-corrected chi connectivity index (χ4v) is 2.34. The Hall–Kier alpha value is -0.840. The summed E-state index contributed by atoms with van der Waals surface area (Å²) in [6.07, 6.45) is 1.08. The first-order valence-corrected chi connectivity index (χ1v) is 7.89. The van der Waals surface area contributed by atoms with E-state index in [1.165, 1.54) is 0 Å². The summed E-state index contributed by atoms with van der Waals surface area (Å²) < 4.78 is 0. The van der Waals surface area contributed by atoms with E-state index in [9.17, 15) is 0 Å². The van der Waals surface area contributed by atoms with Crippen molar-refractivity contribution in [3.05, 3.63) is 28.8 Å². The Morgan fingerprint density at radius 1 is 1.30 bits per heavy atom. The third-order valence-corrected chi connectivity index (χ3v) is 4.00. The van der Waals surface area contributed by atoms with Gasteiger partial charge in [-0.2, -0.15) is 0 Å². The molecular weight excluding hydrogens is 290 g/mol. The highest BCUT2D eigenvalue weighted by molar-refractivity contribution is 7.80. The number of halogens is 1. The van der Waals surface area contributed by atoms with Gasteiger partial charge in [-0.05, 0) is 62.9 Å². The van der Waals surface area contributed by atoms with Crippen LogP contribution in [0.3, 0.4) is 0 Å². The zero-order valence-corrected chi connectivity index (χ0v) is 14.1. The molecule has 0 aliphatic carbocycles. The van der Waals surface area contributed by atoms with E-state index >= 15 is 0 Å². The lowest BCUT2D eigenvalue weighted by molar-refractivity contribution is 0.300. The maximum Gasteiger partial charge on any atom is 0.170 e. The zero-order chi connectivity index (χ0) is 15.0. The Labute approximate surface area is 132 Å². The van der Waals surface area contributed by atoms with Crippen LogP contribution in [0, 0.1) is 6.92 Å². The molecule has 0 aromatic heterocycles. The highest BCUT2D eigenvalue weighted by Crippen LogP contribution is 2.22. The molecule has 3 nitrogen and oxygen atoms in total. The van der Waals surface area contributed by atoms with Gasteiger partial charge in [-0.15, -0.1) is 0 Å². The lowest BCUT2D eigenvalue weighted by Crippen LogP contribution is -2.32. The number of anilines is 1. The average Bonchev–Trinajstić information content (AvgIpc) is 2.44. The molecule has 0 heterocycles. The standard InChI is InChI=1S/C15H24ClN3S/c1-4-19(5-2)11-7-10-17-15(20)18-14-9-6-8-13(16)12(14)3/h6,8-9H,4-5,7,10-11H2,1-3H3,(H2,17,18,20). The number of benzene rings is 1. The smallest absolute Gasteiger partial charge is 0.170 e. The van der Waals surface area contributed by atoms with Crippen LogP contribution >= 0.6 is 23.8 Å². The van der Waals surface area contributed by atoms with Crippen molar-refractivity contribution in [2.75, 3.05) is 31.5 Å². The number of rotatable bonds is 7. The van der Waals surface area contributed by atoms with Crippen molar-refractivity contribution in [2.24, 2.45) is 0 Å². The molecule has 0 bridgehead atoms. The molecule has 1 aromatic rings. The maximum absolute atomic E-state index is 6.08. The van der Waals surface area contributed by atoms with Gasteiger partial charge < -0.3 is 15.5 Å². The summed E-state index contributed by atoms with van der Waals surface area (Å²) >= 11 is 11.4. The summed E-state index contributed by atoms with van der Waals surface area (Å²) in [7, 11) is 0. The molecule has 0 spiro atoms. The molecular formula is C15H24ClN3S. The number of nitrogens with zero attached hydrogens (tertiary/aromatic N) is 1. The highest BCUT2D eigenvalue weighted by atomic mass is 35.5. The maximum atomic E-state index is 6.08. The van der Waals surface area contributed by atoms with Gasteiger partial charge in [-0.25, -0.2) is 0 Å². The molecule has 0 radical (unpaired) electrons. The topological polar surface area (TPSA) is 27.3 Å². The first-order chi connectivity index (χ1) is 9.58. The molecule has 0 amide bonds. The van der Waals surface area contributed by atoms with E-state index in [-0.39, 0.29) is 0 Å². The monoisotopic (exact) mass is 313 g/mol. The van der Waals surface area contributed by atoms with E-state index in [0.717, 1.165) is 48.9 Å². The second-order valence-corrected chi connectivity index (χ2v) is 5.49. The molecule has 20 heavy (non-hydrogen) atoms. The van der Waals surface area contributed by atoms with E-state index in [1.807, 2.05) is 25.1 Å². The summed E-state index contributed by atoms with van der Waals surface area (Å²) in [6.45, 7) is 10.5. The molecule has 0 saturated heterocycles. The van der Waals surface area contributed by atoms with E-state index in [4.69, 9.17) is 23.8 Å². The van der Waals surface area contributed by atoms with Crippen LogP contribution in [0.4, 0.5) is 5.69 Å². The van der Waals surface area contributed by atoms with Crippen molar-refractivity contribution in [2.45, 2.75) is 27.2 Å². The molecule has 0 unspecified atom stereocenters. The Kier molecular flexibility index (Phi) is 7.88. The second-order valence-electron chi connectivity index (χ2n) is 4.67.